The third kappa shape index (κ3) is 3.18. The van der Waals surface area contributed by atoms with Gasteiger partial charge in [-0.2, -0.15) is 0 Å². The van der Waals surface area contributed by atoms with Crippen LogP contribution < -0.4 is 5.73 Å². The van der Waals surface area contributed by atoms with E-state index in [0.717, 1.165) is 16.1 Å². The van der Waals surface area contributed by atoms with Gasteiger partial charge >= 0.3 is 0 Å². The number of hydrogen-bond acceptors (Lipinski definition) is 2. The van der Waals surface area contributed by atoms with Gasteiger partial charge in [0.15, 0.2) is 0 Å². The zero-order valence-electron chi connectivity index (χ0n) is 9.91. The van der Waals surface area contributed by atoms with Crippen LogP contribution >= 0.6 is 23.4 Å². The Kier molecular flexibility index (Phi) is 4.15. The molecular formula is C14H13ClFNS. The molecule has 0 unspecified atom stereocenters. The van der Waals surface area contributed by atoms with Crippen LogP contribution in [0.4, 0.5) is 10.1 Å². The standard InChI is InChI=1S/C14H13ClFNS/c1-9-2-5-13(17)14(6-9)18-8-10-3-4-11(15)7-12(10)16/h2-7H,8,17H2,1H3. The van der Waals surface area contributed by atoms with Crippen molar-refractivity contribution >= 4 is 29.1 Å². The van der Waals surface area contributed by atoms with Crippen LogP contribution in [0.25, 0.3) is 0 Å². The van der Waals surface area contributed by atoms with E-state index in [2.05, 4.69) is 0 Å². The van der Waals surface area contributed by atoms with Crippen LogP contribution in [0.2, 0.25) is 5.02 Å². The Morgan fingerprint density at radius 2 is 2.00 bits per heavy atom. The Morgan fingerprint density at radius 1 is 1.22 bits per heavy atom. The number of rotatable bonds is 3. The molecule has 0 atom stereocenters. The fourth-order valence-corrected chi connectivity index (χ4v) is 2.77. The zero-order valence-corrected chi connectivity index (χ0v) is 11.5. The Morgan fingerprint density at radius 3 is 2.72 bits per heavy atom. The van der Waals surface area contributed by atoms with Crippen molar-refractivity contribution < 1.29 is 4.39 Å². The number of nitrogens with two attached hydrogens (primary N) is 1. The quantitative estimate of drug-likeness (QED) is 0.654. The van der Waals surface area contributed by atoms with Gasteiger partial charge in [0.1, 0.15) is 5.82 Å². The average molecular weight is 282 g/mol. The lowest BCUT2D eigenvalue weighted by molar-refractivity contribution is 0.617. The number of benzene rings is 2. The largest absolute Gasteiger partial charge is 0.398 e. The van der Waals surface area contributed by atoms with Gasteiger partial charge in [-0.15, -0.1) is 11.8 Å². The van der Waals surface area contributed by atoms with E-state index in [-0.39, 0.29) is 5.82 Å². The second kappa shape index (κ2) is 5.63. The molecule has 0 aliphatic carbocycles. The predicted molar refractivity (Wildman–Crippen MR) is 76.6 cm³/mol. The number of anilines is 1. The minimum absolute atomic E-state index is 0.277. The maximum absolute atomic E-state index is 13.6. The third-order valence-corrected chi connectivity index (χ3v) is 3.92. The monoisotopic (exact) mass is 281 g/mol. The zero-order chi connectivity index (χ0) is 13.1. The fourth-order valence-electron chi connectivity index (χ4n) is 1.56. The summed E-state index contributed by atoms with van der Waals surface area (Å²) in [5.74, 6) is 0.262. The van der Waals surface area contributed by atoms with Crippen LogP contribution in [-0.4, -0.2) is 0 Å². The van der Waals surface area contributed by atoms with E-state index in [0.29, 0.717) is 16.3 Å². The van der Waals surface area contributed by atoms with Crippen LogP contribution in [-0.2, 0) is 5.75 Å². The highest BCUT2D eigenvalue weighted by Gasteiger charge is 2.06. The van der Waals surface area contributed by atoms with Gasteiger partial charge in [0, 0.05) is 21.4 Å². The van der Waals surface area contributed by atoms with Crippen molar-refractivity contribution in [1.82, 2.24) is 0 Å². The number of nitrogen functional groups attached to an aromatic ring is 1. The Bertz CT molecular complexity index is 572. The topological polar surface area (TPSA) is 26.0 Å². The van der Waals surface area contributed by atoms with Crippen LogP contribution in [0.5, 0.6) is 0 Å². The molecule has 0 aliphatic heterocycles. The molecule has 0 amide bonds. The number of hydrogen-bond donors (Lipinski definition) is 1. The molecule has 2 aromatic rings. The molecule has 0 saturated heterocycles. The number of aryl methyl sites for hydroxylation is 1. The second-order valence-corrected chi connectivity index (χ2v) is 5.52. The molecule has 0 aromatic heterocycles. The fraction of sp³-hybridized carbons (Fsp3) is 0.143. The van der Waals surface area contributed by atoms with Gasteiger partial charge in [-0.05, 0) is 42.3 Å². The van der Waals surface area contributed by atoms with Gasteiger partial charge in [-0.1, -0.05) is 23.7 Å². The lowest BCUT2D eigenvalue weighted by Crippen LogP contribution is -1.91. The van der Waals surface area contributed by atoms with Crippen LogP contribution in [0.3, 0.4) is 0 Å². The summed E-state index contributed by atoms with van der Waals surface area (Å²) in [6.07, 6.45) is 0. The molecule has 0 fully saturated rings. The third-order valence-electron chi connectivity index (χ3n) is 2.57. The highest BCUT2D eigenvalue weighted by Crippen LogP contribution is 2.30. The van der Waals surface area contributed by atoms with Crippen molar-refractivity contribution in [2.24, 2.45) is 0 Å². The first-order valence-electron chi connectivity index (χ1n) is 5.49. The summed E-state index contributed by atoms with van der Waals surface area (Å²) in [5, 5.41) is 0.413. The summed E-state index contributed by atoms with van der Waals surface area (Å²) in [5.41, 5.74) is 8.37. The van der Waals surface area contributed by atoms with Crippen molar-refractivity contribution in [3.63, 3.8) is 0 Å². The van der Waals surface area contributed by atoms with Gasteiger partial charge in [0.05, 0.1) is 0 Å². The van der Waals surface area contributed by atoms with Crippen LogP contribution in [0.1, 0.15) is 11.1 Å². The number of halogens is 2. The molecule has 2 aromatic carbocycles. The molecule has 0 spiro atoms. The molecule has 2 N–H and O–H groups in total. The Labute approximate surface area is 115 Å². The van der Waals surface area contributed by atoms with Crippen LogP contribution in [0, 0.1) is 12.7 Å². The number of thioether (sulfide) groups is 1. The SMILES string of the molecule is Cc1ccc(N)c(SCc2ccc(Cl)cc2F)c1. The second-order valence-electron chi connectivity index (χ2n) is 4.07. The molecule has 1 nitrogen and oxygen atoms in total. The molecular weight excluding hydrogens is 269 g/mol. The summed E-state index contributed by atoms with van der Waals surface area (Å²) < 4.78 is 13.6. The highest BCUT2D eigenvalue weighted by atomic mass is 35.5. The van der Waals surface area contributed by atoms with Gasteiger partial charge in [0.2, 0.25) is 0 Å². The lowest BCUT2D eigenvalue weighted by atomic mass is 10.2. The highest BCUT2D eigenvalue weighted by molar-refractivity contribution is 7.98. The predicted octanol–water partition coefficient (Wildman–Crippen LogP) is 4.66. The molecule has 0 saturated carbocycles. The van der Waals surface area contributed by atoms with E-state index in [1.165, 1.54) is 17.8 Å². The van der Waals surface area contributed by atoms with Crippen molar-refractivity contribution in [3.8, 4) is 0 Å². The smallest absolute Gasteiger partial charge is 0.128 e. The van der Waals surface area contributed by atoms with Gasteiger partial charge in [-0.3, -0.25) is 0 Å². The molecule has 2 rings (SSSR count). The molecule has 94 valence electrons. The van der Waals surface area contributed by atoms with E-state index >= 15 is 0 Å². The van der Waals surface area contributed by atoms with Crippen molar-refractivity contribution in [2.45, 2.75) is 17.6 Å². The Hall–Kier alpha value is -1.19. The van der Waals surface area contributed by atoms with Gasteiger partial charge in [0.25, 0.3) is 0 Å². The maximum Gasteiger partial charge on any atom is 0.128 e. The first-order valence-corrected chi connectivity index (χ1v) is 6.85. The molecule has 0 radical (unpaired) electrons. The molecule has 18 heavy (non-hydrogen) atoms. The average Bonchev–Trinajstić information content (AvgIpc) is 2.32. The van der Waals surface area contributed by atoms with Gasteiger partial charge in [-0.25, -0.2) is 4.39 Å². The molecule has 0 bridgehead atoms. The first kappa shape index (κ1) is 13.2. The first-order chi connectivity index (χ1) is 8.56. The minimum Gasteiger partial charge on any atom is -0.398 e. The molecule has 0 aliphatic rings. The van der Waals surface area contributed by atoms with E-state index < -0.39 is 0 Å². The minimum atomic E-state index is -0.277. The molecule has 4 heteroatoms. The van der Waals surface area contributed by atoms with E-state index in [1.807, 2.05) is 25.1 Å². The van der Waals surface area contributed by atoms with Crippen LogP contribution in [0.15, 0.2) is 41.3 Å². The van der Waals surface area contributed by atoms with Gasteiger partial charge < -0.3 is 5.73 Å². The van der Waals surface area contributed by atoms with E-state index in [4.69, 9.17) is 17.3 Å². The van der Waals surface area contributed by atoms with Crippen molar-refractivity contribution in [3.05, 3.63) is 58.4 Å². The van der Waals surface area contributed by atoms with E-state index in [9.17, 15) is 4.39 Å². The van der Waals surface area contributed by atoms with Crippen molar-refractivity contribution in [2.75, 3.05) is 5.73 Å². The summed E-state index contributed by atoms with van der Waals surface area (Å²) in [7, 11) is 0. The summed E-state index contributed by atoms with van der Waals surface area (Å²) in [6, 6.07) is 10.6. The van der Waals surface area contributed by atoms with E-state index in [1.54, 1.807) is 12.1 Å². The molecule has 0 heterocycles. The summed E-state index contributed by atoms with van der Waals surface area (Å²) >= 11 is 7.24. The Balaban J connectivity index is 2.13. The van der Waals surface area contributed by atoms with Crippen molar-refractivity contribution in [1.29, 1.82) is 0 Å². The lowest BCUT2D eigenvalue weighted by Gasteiger charge is -2.07. The summed E-state index contributed by atoms with van der Waals surface area (Å²) in [6.45, 7) is 2.01. The maximum atomic E-state index is 13.6. The normalized spacial score (nSPS) is 10.6. The summed E-state index contributed by atoms with van der Waals surface area (Å²) in [4.78, 5) is 0.976.